The van der Waals surface area contributed by atoms with Gasteiger partial charge in [0.1, 0.15) is 0 Å². The van der Waals surface area contributed by atoms with E-state index >= 15 is 0 Å². The van der Waals surface area contributed by atoms with Crippen molar-refractivity contribution in [3.63, 3.8) is 0 Å². The summed E-state index contributed by atoms with van der Waals surface area (Å²) in [4.78, 5) is 0. The molecule has 6 saturated heterocycles. The average molecular weight is 202 g/mol. The minimum atomic E-state index is -3.48. The molecular formula is O7P2Si. The van der Waals surface area contributed by atoms with Crippen LogP contribution in [-0.4, -0.2) is 9.05 Å². The van der Waals surface area contributed by atoms with Crippen molar-refractivity contribution in [2.24, 2.45) is 0 Å². The van der Waals surface area contributed by atoms with Crippen molar-refractivity contribution in [2.45, 2.75) is 0 Å². The molecular weight excluding hydrogens is 202 g/mol. The van der Waals surface area contributed by atoms with Crippen LogP contribution in [0.1, 0.15) is 0 Å². The van der Waals surface area contributed by atoms with Crippen LogP contribution in [0.4, 0.5) is 0 Å². The Hall–Kier alpha value is 0.477. The molecule has 1 spiro atoms. The van der Waals surface area contributed by atoms with E-state index < -0.39 is 24.7 Å². The molecule has 6 rings (SSSR count). The monoisotopic (exact) mass is 202 g/mol. The average Bonchev–Trinajstić information content (AvgIpc) is 1.51. The summed E-state index contributed by atoms with van der Waals surface area (Å²) in [7, 11) is -10.1. The van der Waals surface area contributed by atoms with Crippen molar-refractivity contribution in [1.82, 2.24) is 0 Å². The van der Waals surface area contributed by atoms with Gasteiger partial charge in [0.25, 0.3) is 0 Å². The van der Waals surface area contributed by atoms with E-state index in [-0.39, 0.29) is 0 Å². The zero-order valence-electron chi connectivity index (χ0n) is 4.25. The molecule has 0 aromatic rings. The van der Waals surface area contributed by atoms with E-state index in [1.54, 1.807) is 0 Å². The molecule has 10 heavy (non-hydrogen) atoms. The first-order valence-electron chi connectivity index (χ1n) is 2.28. The summed E-state index contributed by atoms with van der Waals surface area (Å²) in [6, 6.07) is 0. The maximum Gasteiger partial charge on any atom is 0.714 e. The van der Waals surface area contributed by atoms with E-state index in [0.717, 1.165) is 0 Å². The van der Waals surface area contributed by atoms with Crippen LogP contribution in [0.3, 0.4) is 0 Å². The van der Waals surface area contributed by atoms with Gasteiger partial charge in [-0.15, -0.1) is 0 Å². The summed E-state index contributed by atoms with van der Waals surface area (Å²) in [5.74, 6) is 0. The Balaban J connectivity index is 2.12. The lowest BCUT2D eigenvalue weighted by atomic mass is 15.5. The standard InChI is InChI=1S/O7P2Si/c1-8-3-9(2)6-10(4-8,5-8)7-9. The van der Waals surface area contributed by atoms with E-state index in [1.807, 2.05) is 0 Å². The number of phosphoric acid groups is 2. The lowest BCUT2D eigenvalue weighted by molar-refractivity contribution is -0.0434. The van der Waals surface area contributed by atoms with Crippen LogP contribution in [0.15, 0.2) is 0 Å². The van der Waals surface area contributed by atoms with Crippen molar-refractivity contribution in [2.75, 3.05) is 0 Å². The molecule has 6 heterocycles. The molecule has 0 saturated carbocycles. The Labute approximate surface area is 55.9 Å². The van der Waals surface area contributed by atoms with Gasteiger partial charge in [0.05, 0.1) is 0 Å². The Bertz CT molecular complexity index is 251. The highest BCUT2D eigenvalue weighted by Gasteiger charge is 2.87. The molecule has 0 aliphatic carbocycles. The van der Waals surface area contributed by atoms with Crippen molar-refractivity contribution < 1.29 is 30.3 Å². The van der Waals surface area contributed by atoms with Gasteiger partial charge in [0, 0.05) is 0 Å². The van der Waals surface area contributed by atoms with Crippen LogP contribution in [-0.2, 0) is 30.3 Å². The molecule has 6 aliphatic heterocycles. The Morgan fingerprint density at radius 2 is 1.30 bits per heavy atom. The molecule has 0 amide bonds. The molecule has 0 unspecified atom stereocenters. The third-order valence-electron chi connectivity index (χ3n) is 1.09. The van der Waals surface area contributed by atoms with E-state index in [4.69, 9.17) is 0 Å². The topological polar surface area (TPSA) is 80.3 Å². The first kappa shape index (κ1) is 6.04. The van der Waals surface area contributed by atoms with Crippen molar-refractivity contribution in [3.05, 3.63) is 0 Å². The summed E-state index contributed by atoms with van der Waals surface area (Å²) in [5.41, 5.74) is 0. The molecule has 6 fully saturated rings. The third-order valence-corrected chi connectivity index (χ3v) is 9.85. The normalized spacial score (nSPS) is 70.0. The van der Waals surface area contributed by atoms with E-state index in [2.05, 4.69) is 21.2 Å². The van der Waals surface area contributed by atoms with Gasteiger partial charge in [0.2, 0.25) is 0 Å². The lowest BCUT2D eigenvalue weighted by Gasteiger charge is -2.52. The Kier molecular flexibility index (Phi) is 0.747. The minimum absolute atomic E-state index is 3.10. The third kappa shape index (κ3) is 0.510. The molecule has 7 nitrogen and oxygen atoms in total. The van der Waals surface area contributed by atoms with Crippen molar-refractivity contribution in [1.29, 1.82) is 0 Å². The summed E-state index contributed by atoms with van der Waals surface area (Å²) >= 11 is 0. The fourth-order valence-corrected chi connectivity index (χ4v) is 9.75. The molecule has 0 aromatic carbocycles. The molecule has 0 radical (unpaired) electrons. The smallest absolute Gasteiger partial charge is 0.254 e. The largest absolute Gasteiger partial charge is 0.714 e. The highest BCUT2D eigenvalue weighted by molar-refractivity contribution is 7.73. The molecule has 56 valence electrons. The van der Waals surface area contributed by atoms with Crippen LogP contribution in [0.5, 0.6) is 0 Å². The van der Waals surface area contributed by atoms with Crippen molar-refractivity contribution >= 4 is 24.7 Å². The van der Waals surface area contributed by atoms with Crippen LogP contribution in [0.2, 0.25) is 0 Å². The van der Waals surface area contributed by atoms with Gasteiger partial charge < -0.3 is 0 Å². The maximum atomic E-state index is 10.8. The van der Waals surface area contributed by atoms with Crippen LogP contribution >= 0.6 is 15.6 Å². The molecule has 3 bridgehead atoms. The molecule has 0 N–H and O–H groups in total. The zero-order valence-corrected chi connectivity index (χ0v) is 7.04. The highest BCUT2D eigenvalue weighted by atomic mass is 31.3. The summed E-state index contributed by atoms with van der Waals surface area (Å²) < 4.78 is 43.9. The van der Waals surface area contributed by atoms with Crippen LogP contribution in [0, 0.1) is 0 Å². The fourth-order valence-electron chi connectivity index (χ4n) is 0.817. The molecule has 0 aromatic heterocycles. The van der Waals surface area contributed by atoms with E-state index in [9.17, 15) is 9.13 Å². The van der Waals surface area contributed by atoms with Crippen LogP contribution in [0.25, 0.3) is 0 Å². The number of hydrogen-bond donors (Lipinski definition) is 0. The van der Waals surface area contributed by atoms with Gasteiger partial charge in [0.15, 0.2) is 0 Å². The maximum absolute atomic E-state index is 10.8. The van der Waals surface area contributed by atoms with E-state index in [1.165, 1.54) is 0 Å². The van der Waals surface area contributed by atoms with Gasteiger partial charge in [-0.1, -0.05) is 0 Å². The predicted octanol–water partition coefficient (Wildman–Crippen LogP) is 0.762. The van der Waals surface area contributed by atoms with E-state index in [0.29, 0.717) is 0 Å². The fraction of sp³-hybridized carbons (Fsp3) is 0. The second-order valence-corrected chi connectivity index (χ2v) is 8.20. The number of hydrogen-bond acceptors (Lipinski definition) is 7. The Morgan fingerprint density at radius 1 is 0.900 bits per heavy atom. The second-order valence-electron chi connectivity index (χ2n) is 1.84. The first-order chi connectivity index (χ1) is 4.54. The first-order valence-corrected chi connectivity index (χ1v) is 6.83. The summed E-state index contributed by atoms with van der Waals surface area (Å²) in [5, 5.41) is 0. The highest BCUT2D eigenvalue weighted by Crippen LogP contribution is 2.88. The lowest BCUT2D eigenvalue weighted by Crippen LogP contribution is -2.63. The van der Waals surface area contributed by atoms with Crippen LogP contribution < -0.4 is 0 Å². The predicted molar refractivity (Wildman–Crippen MR) is 26.4 cm³/mol. The second kappa shape index (κ2) is 1.24. The van der Waals surface area contributed by atoms with Gasteiger partial charge in [-0.05, 0) is 0 Å². The van der Waals surface area contributed by atoms with Crippen molar-refractivity contribution in [3.8, 4) is 0 Å². The number of rotatable bonds is 0. The molecule has 0 atom stereocenters. The zero-order chi connectivity index (χ0) is 7.04. The molecule has 6 aliphatic rings. The summed E-state index contributed by atoms with van der Waals surface area (Å²) in [6.45, 7) is 0. The van der Waals surface area contributed by atoms with Gasteiger partial charge in [-0.25, -0.2) is 9.13 Å². The SMILES string of the molecule is O=P12O[Si]3(O1)OP(=O)(O3)O2. The van der Waals surface area contributed by atoms with Gasteiger partial charge >= 0.3 is 24.7 Å². The van der Waals surface area contributed by atoms with Gasteiger partial charge in [-0.2, -0.15) is 4.31 Å². The minimum Gasteiger partial charge on any atom is -0.254 e. The Morgan fingerprint density at radius 3 is 1.50 bits per heavy atom. The summed E-state index contributed by atoms with van der Waals surface area (Å²) in [6.07, 6.45) is 0. The quantitative estimate of drug-likeness (QED) is 0.423. The van der Waals surface area contributed by atoms with Gasteiger partial charge in [-0.3, -0.25) is 16.9 Å². The molecule has 10 heteroatoms.